The third kappa shape index (κ3) is 6.80. The number of nitrogens with two attached hydrogens (primary N) is 1. The Labute approximate surface area is 133 Å². The van der Waals surface area contributed by atoms with Gasteiger partial charge in [-0.2, -0.15) is 0 Å². The fourth-order valence-electron chi connectivity index (χ4n) is 2.36. The van der Waals surface area contributed by atoms with Crippen molar-refractivity contribution in [2.75, 3.05) is 25.0 Å². The number of nitrogens with zero attached hydrogens (tertiary/aromatic N) is 1. The number of phenols is 1. The van der Waals surface area contributed by atoms with Crippen molar-refractivity contribution < 1.29 is 9.90 Å². The molecule has 5 heteroatoms. The van der Waals surface area contributed by atoms with E-state index in [1.165, 1.54) is 25.7 Å². The van der Waals surface area contributed by atoms with Gasteiger partial charge in [-0.3, -0.25) is 0 Å². The molecule has 1 aromatic rings. The Hall–Kier alpha value is -1.75. The minimum atomic E-state index is -0.667. The first kappa shape index (κ1) is 18.3. The first-order chi connectivity index (χ1) is 10.6. The number of aromatic hydroxyl groups is 1. The highest BCUT2D eigenvalue weighted by Gasteiger charge is 2.08. The number of carbonyl (C=O) groups excluding carboxylic acids is 1. The van der Waals surface area contributed by atoms with Crippen LogP contribution in [-0.4, -0.2) is 35.7 Å². The molecule has 2 amide bonds. The molecule has 0 saturated heterocycles. The summed E-state index contributed by atoms with van der Waals surface area (Å²) in [6, 6.07) is 4.61. The maximum atomic E-state index is 10.9. The first-order valence-corrected chi connectivity index (χ1v) is 8.17. The van der Waals surface area contributed by atoms with Gasteiger partial charge in [0, 0.05) is 6.54 Å². The van der Waals surface area contributed by atoms with Gasteiger partial charge in [0.15, 0.2) is 0 Å². The number of benzene rings is 1. The molecule has 0 saturated carbocycles. The van der Waals surface area contributed by atoms with Crippen molar-refractivity contribution in [2.45, 2.75) is 46.0 Å². The monoisotopic (exact) mass is 307 g/mol. The van der Waals surface area contributed by atoms with E-state index in [2.05, 4.69) is 24.1 Å². The number of hydrogen-bond donors (Lipinski definition) is 3. The summed E-state index contributed by atoms with van der Waals surface area (Å²) in [6.07, 6.45) is 5.73. The predicted molar refractivity (Wildman–Crippen MR) is 91.3 cm³/mol. The number of carbonyl (C=O) groups is 1. The highest BCUT2D eigenvalue weighted by Crippen LogP contribution is 2.24. The Kier molecular flexibility index (Phi) is 8.36. The molecule has 1 rings (SSSR count). The number of primary amides is 1. The van der Waals surface area contributed by atoms with Crippen LogP contribution in [0.1, 0.15) is 45.1 Å². The van der Waals surface area contributed by atoms with E-state index in [1.54, 1.807) is 12.1 Å². The molecule has 0 spiro atoms. The molecule has 0 radical (unpaired) electrons. The topological polar surface area (TPSA) is 78.6 Å². The lowest BCUT2D eigenvalue weighted by molar-refractivity contribution is 0.259. The van der Waals surface area contributed by atoms with Gasteiger partial charge in [0.1, 0.15) is 5.75 Å². The summed E-state index contributed by atoms with van der Waals surface area (Å²) in [7, 11) is 0. The average Bonchev–Trinajstić information content (AvgIpc) is 2.49. The van der Waals surface area contributed by atoms with E-state index in [4.69, 9.17) is 5.73 Å². The van der Waals surface area contributed by atoms with Gasteiger partial charge in [0.25, 0.3) is 0 Å². The molecule has 0 fully saturated rings. The molecule has 4 N–H and O–H groups in total. The van der Waals surface area contributed by atoms with E-state index < -0.39 is 6.03 Å². The molecule has 0 heterocycles. The van der Waals surface area contributed by atoms with Crippen molar-refractivity contribution in [3.05, 3.63) is 23.8 Å². The molecule has 0 aliphatic carbocycles. The summed E-state index contributed by atoms with van der Waals surface area (Å²) < 4.78 is 0. The van der Waals surface area contributed by atoms with Crippen molar-refractivity contribution in [1.29, 1.82) is 0 Å². The number of urea groups is 1. The number of hydrogen-bond acceptors (Lipinski definition) is 3. The van der Waals surface area contributed by atoms with Crippen molar-refractivity contribution in [3.63, 3.8) is 0 Å². The molecule has 0 aliphatic rings. The Morgan fingerprint density at radius 1 is 1.18 bits per heavy atom. The zero-order chi connectivity index (χ0) is 16.4. The van der Waals surface area contributed by atoms with Gasteiger partial charge in [-0.15, -0.1) is 0 Å². The van der Waals surface area contributed by atoms with Crippen LogP contribution in [0.4, 0.5) is 10.5 Å². The number of anilines is 1. The number of amides is 2. The van der Waals surface area contributed by atoms with Crippen LogP contribution in [-0.2, 0) is 6.42 Å². The Morgan fingerprint density at radius 3 is 2.36 bits per heavy atom. The minimum Gasteiger partial charge on any atom is -0.506 e. The molecule has 0 atom stereocenters. The molecular weight excluding hydrogens is 278 g/mol. The molecule has 0 bridgehead atoms. The van der Waals surface area contributed by atoms with E-state index >= 15 is 0 Å². The van der Waals surface area contributed by atoms with Gasteiger partial charge in [0.05, 0.1) is 5.69 Å². The zero-order valence-corrected chi connectivity index (χ0v) is 13.8. The van der Waals surface area contributed by atoms with Gasteiger partial charge in [-0.1, -0.05) is 32.8 Å². The summed E-state index contributed by atoms with van der Waals surface area (Å²) in [5.74, 6) is 0.0383. The van der Waals surface area contributed by atoms with E-state index in [0.29, 0.717) is 5.69 Å². The summed E-state index contributed by atoms with van der Waals surface area (Å²) in [4.78, 5) is 13.4. The van der Waals surface area contributed by atoms with Crippen LogP contribution in [0, 0.1) is 0 Å². The maximum absolute atomic E-state index is 10.9. The molecule has 0 aromatic heterocycles. The van der Waals surface area contributed by atoms with Crippen molar-refractivity contribution in [1.82, 2.24) is 4.90 Å². The Bertz CT molecular complexity index is 455. The molecule has 0 aliphatic heterocycles. The number of nitrogens with one attached hydrogen (secondary N) is 1. The second-order valence-corrected chi connectivity index (χ2v) is 5.64. The molecule has 124 valence electrons. The van der Waals surface area contributed by atoms with Crippen molar-refractivity contribution in [3.8, 4) is 5.75 Å². The lowest BCUT2D eigenvalue weighted by atomic mass is 10.1. The predicted octanol–water partition coefficient (Wildman–Crippen LogP) is 3.33. The summed E-state index contributed by atoms with van der Waals surface area (Å²) in [6.45, 7) is 7.65. The lowest BCUT2D eigenvalue weighted by Crippen LogP contribution is -2.28. The highest BCUT2D eigenvalue weighted by atomic mass is 16.3. The second kappa shape index (κ2) is 10.1. The summed E-state index contributed by atoms with van der Waals surface area (Å²) in [5, 5.41) is 12.2. The summed E-state index contributed by atoms with van der Waals surface area (Å²) in [5.41, 5.74) is 6.56. The zero-order valence-electron chi connectivity index (χ0n) is 13.8. The molecule has 1 aromatic carbocycles. The third-order valence-corrected chi connectivity index (χ3v) is 3.69. The van der Waals surface area contributed by atoms with Gasteiger partial charge < -0.3 is 21.1 Å². The lowest BCUT2D eigenvalue weighted by Gasteiger charge is -2.22. The fraction of sp³-hybridized carbons (Fsp3) is 0.588. The van der Waals surface area contributed by atoms with Gasteiger partial charge in [-0.05, 0) is 50.0 Å². The van der Waals surface area contributed by atoms with Crippen LogP contribution < -0.4 is 11.1 Å². The fourth-order valence-corrected chi connectivity index (χ4v) is 2.36. The van der Waals surface area contributed by atoms with Gasteiger partial charge in [0.2, 0.25) is 0 Å². The maximum Gasteiger partial charge on any atom is 0.316 e. The molecule has 5 nitrogen and oxygen atoms in total. The van der Waals surface area contributed by atoms with Crippen LogP contribution in [0.3, 0.4) is 0 Å². The number of rotatable bonds is 10. The number of unbranched alkanes of at least 4 members (excludes halogenated alkanes) is 2. The molecule has 0 unspecified atom stereocenters. The highest BCUT2D eigenvalue weighted by molar-refractivity contribution is 5.89. The van der Waals surface area contributed by atoms with Crippen LogP contribution >= 0.6 is 0 Å². The van der Waals surface area contributed by atoms with E-state index in [0.717, 1.165) is 31.6 Å². The quantitative estimate of drug-likeness (QED) is 0.580. The van der Waals surface area contributed by atoms with Crippen molar-refractivity contribution >= 4 is 11.7 Å². The van der Waals surface area contributed by atoms with Crippen LogP contribution in [0.5, 0.6) is 5.75 Å². The standard InChI is InChI=1S/C17H29N3O2/c1-3-5-10-20(11-6-4-2)12-9-14-7-8-16(21)15(13-14)19-17(18)22/h7-8,13,21H,3-6,9-12H2,1-2H3,(H3,18,19,22). The van der Waals surface area contributed by atoms with Crippen molar-refractivity contribution in [2.24, 2.45) is 5.73 Å². The van der Waals surface area contributed by atoms with Crippen LogP contribution in [0.2, 0.25) is 0 Å². The Balaban J connectivity index is 2.61. The normalized spacial score (nSPS) is 10.9. The third-order valence-electron chi connectivity index (χ3n) is 3.69. The largest absolute Gasteiger partial charge is 0.506 e. The minimum absolute atomic E-state index is 0.0383. The second-order valence-electron chi connectivity index (χ2n) is 5.64. The molecular formula is C17H29N3O2. The van der Waals surface area contributed by atoms with Gasteiger partial charge in [-0.25, -0.2) is 4.79 Å². The molecule has 22 heavy (non-hydrogen) atoms. The van der Waals surface area contributed by atoms with Crippen LogP contribution in [0.15, 0.2) is 18.2 Å². The smallest absolute Gasteiger partial charge is 0.316 e. The number of phenolic OH excluding ortho intramolecular Hbond substituents is 1. The summed E-state index contributed by atoms with van der Waals surface area (Å²) >= 11 is 0. The van der Waals surface area contributed by atoms with Crippen LogP contribution in [0.25, 0.3) is 0 Å². The van der Waals surface area contributed by atoms with E-state index in [1.807, 2.05) is 6.07 Å². The first-order valence-electron chi connectivity index (χ1n) is 8.17. The van der Waals surface area contributed by atoms with E-state index in [-0.39, 0.29) is 5.75 Å². The van der Waals surface area contributed by atoms with E-state index in [9.17, 15) is 9.90 Å². The SMILES string of the molecule is CCCCN(CCCC)CCc1ccc(O)c(NC(N)=O)c1. The average molecular weight is 307 g/mol. The Morgan fingerprint density at radius 2 is 1.82 bits per heavy atom. The van der Waals surface area contributed by atoms with Gasteiger partial charge >= 0.3 is 6.03 Å².